The first-order valence-corrected chi connectivity index (χ1v) is 4.69. The molecule has 3 heteroatoms. The van der Waals surface area contributed by atoms with Crippen LogP contribution in [0, 0.1) is 0 Å². The molecule has 0 unspecified atom stereocenters. The summed E-state index contributed by atoms with van der Waals surface area (Å²) in [5.74, 6) is 0.00313. The summed E-state index contributed by atoms with van der Waals surface area (Å²) in [7, 11) is 0. The fraction of sp³-hybridized carbons (Fsp3) is 0.900. The lowest BCUT2D eigenvalue weighted by molar-refractivity contribution is -0.132. The summed E-state index contributed by atoms with van der Waals surface area (Å²) in [4.78, 5) is 11.1. The molecule has 0 saturated heterocycles. The summed E-state index contributed by atoms with van der Waals surface area (Å²) in [5, 5.41) is 0. The van der Waals surface area contributed by atoms with E-state index < -0.39 is 0 Å². The number of ketones is 1. The molecule has 0 heterocycles. The first kappa shape index (κ1) is 12.6. The van der Waals surface area contributed by atoms with Gasteiger partial charge in [-0.25, -0.2) is 0 Å². The third kappa shape index (κ3) is 9.50. The van der Waals surface area contributed by atoms with E-state index in [9.17, 15) is 4.79 Å². The Kier molecular flexibility index (Phi) is 5.91. The fourth-order valence-corrected chi connectivity index (χ4v) is 0.669. The molecule has 0 atom stereocenters. The van der Waals surface area contributed by atoms with Crippen molar-refractivity contribution in [1.82, 2.24) is 0 Å². The number of hydrogen-bond acceptors (Lipinski definition) is 3. The maximum atomic E-state index is 11.1. The molecule has 0 rings (SSSR count). The fourth-order valence-electron chi connectivity index (χ4n) is 0.669. The molecule has 3 nitrogen and oxygen atoms in total. The molecule has 0 N–H and O–H groups in total. The number of Topliss-reactive ketones (excluding diaryl/α,β-unsaturated/α-hetero) is 1. The van der Waals surface area contributed by atoms with Crippen LogP contribution in [0.3, 0.4) is 0 Å². The van der Waals surface area contributed by atoms with Crippen molar-refractivity contribution in [3.63, 3.8) is 0 Å². The van der Waals surface area contributed by atoms with Crippen molar-refractivity contribution >= 4 is 5.78 Å². The van der Waals surface area contributed by atoms with Crippen molar-refractivity contribution in [2.45, 2.75) is 39.7 Å². The average molecular weight is 188 g/mol. The predicted molar refractivity (Wildman–Crippen MR) is 51.8 cm³/mol. The van der Waals surface area contributed by atoms with Crippen molar-refractivity contribution in [3.05, 3.63) is 0 Å². The van der Waals surface area contributed by atoms with E-state index >= 15 is 0 Å². The van der Waals surface area contributed by atoms with Crippen LogP contribution in [0.2, 0.25) is 0 Å². The standard InChI is InChI=1S/C10H20O3/c1-5-6-12-7-9(11)8-13-10(2,3)4/h5-8H2,1-4H3. The minimum atomic E-state index is -0.250. The Morgan fingerprint density at radius 1 is 1.23 bits per heavy atom. The highest BCUT2D eigenvalue weighted by atomic mass is 16.5. The second-order valence-corrected chi connectivity index (χ2v) is 3.99. The highest BCUT2D eigenvalue weighted by molar-refractivity contribution is 5.80. The highest BCUT2D eigenvalue weighted by Gasteiger charge is 2.12. The maximum absolute atomic E-state index is 11.1. The number of carbonyl (C=O) groups excluding carboxylic acids is 1. The Morgan fingerprint density at radius 3 is 2.31 bits per heavy atom. The summed E-state index contributed by atoms with van der Waals surface area (Å²) in [6.07, 6.45) is 0.938. The molecule has 13 heavy (non-hydrogen) atoms. The molecule has 0 radical (unpaired) electrons. The van der Waals surface area contributed by atoms with Crippen LogP contribution in [0.4, 0.5) is 0 Å². The van der Waals surface area contributed by atoms with E-state index in [4.69, 9.17) is 9.47 Å². The lowest BCUT2D eigenvalue weighted by Gasteiger charge is -2.18. The van der Waals surface area contributed by atoms with Gasteiger partial charge in [0.2, 0.25) is 0 Å². The van der Waals surface area contributed by atoms with E-state index in [-0.39, 0.29) is 24.6 Å². The molecule has 0 aliphatic carbocycles. The van der Waals surface area contributed by atoms with Gasteiger partial charge in [0.15, 0.2) is 5.78 Å². The van der Waals surface area contributed by atoms with E-state index in [2.05, 4.69) is 0 Å². The van der Waals surface area contributed by atoms with Gasteiger partial charge in [0, 0.05) is 6.61 Å². The third-order valence-corrected chi connectivity index (χ3v) is 1.28. The summed E-state index contributed by atoms with van der Waals surface area (Å²) >= 11 is 0. The van der Waals surface area contributed by atoms with Gasteiger partial charge in [0.1, 0.15) is 13.2 Å². The third-order valence-electron chi connectivity index (χ3n) is 1.28. The Hall–Kier alpha value is -0.410. The minimum Gasteiger partial charge on any atom is -0.374 e. The first-order valence-electron chi connectivity index (χ1n) is 4.69. The van der Waals surface area contributed by atoms with Gasteiger partial charge in [0.05, 0.1) is 5.60 Å². The molecule has 0 aromatic heterocycles. The summed E-state index contributed by atoms with van der Waals surface area (Å²) in [5.41, 5.74) is -0.250. The van der Waals surface area contributed by atoms with Gasteiger partial charge in [-0.05, 0) is 27.2 Å². The summed E-state index contributed by atoms with van der Waals surface area (Å²) < 4.78 is 10.4. The number of carbonyl (C=O) groups is 1. The topological polar surface area (TPSA) is 35.5 Å². The predicted octanol–water partition coefficient (Wildman–Crippen LogP) is 1.80. The number of hydrogen-bond donors (Lipinski definition) is 0. The van der Waals surface area contributed by atoms with Crippen LogP contribution in [0.5, 0.6) is 0 Å². The summed E-state index contributed by atoms with van der Waals surface area (Å²) in [6, 6.07) is 0. The van der Waals surface area contributed by atoms with Crippen LogP contribution in [0.1, 0.15) is 34.1 Å². The second kappa shape index (κ2) is 6.11. The second-order valence-electron chi connectivity index (χ2n) is 3.99. The van der Waals surface area contributed by atoms with E-state index in [0.717, 1.165) is 6.42 Å². The van der Waals surface area contributed by atoms with Crippen LogP contribution in [-0.4, -0.2) is 31.2 Å². The molecule has 0 saturated carbocycles. The molecule has 0 aromatic rings. The van der Waals surface area contributed by atoms with Gasteiger partial charge in [-0.1, -0.05) is 6.92 Å². The first-order chi connectivity index (χ1) is 5.95. The molecule has 0 spiro atoms. The van der Waals surface area contributed by atoms with E-state index in [1.807, 2.05) is 27.7 Å². The molecule has 0 bridgehead atoms. The highest BCUT2D eigenvalue weighted by Crippen LogP contribution is 2.05. The Labute approximate surface area is 80.4 Å². The lowest BCUT2D eigenvalue weighted by Crippen LogP contribution is -2.25. The normalized spacial score (nSPS) is 11.7. The largest absolute Gasteiger partial charge is 0.374 e. The molecular formula is C10H20O3. The Bertz CT molecular complexity index is 147. The average Bonchev–Trinajstić information content (AvgIpc) is 2.00. The number of rotatable bonds is 6. The van der Waals surface area contributed by atoms with Crippen molar-refractivity contribution in [3.8, 4) is 0 Å². The van der Waals surface area contributed by atoms with Gasteiger partial charge in [-0.2, -0.15) is 0 Å². The zero-order valence-corrected chi connectivity index (χ0v) is 9.05. The molecule has 0 aliphatic rings. The van der Waals surface area contributed by atoms with E-state index in [0.29, 0.717) is 6.61 Å². The maximum Gasteiger partial charge on any atom is 0.184 e. The van der Waals surface area contributed by atoms with E-state index in [1.54, 1.807) is 0 Å². The van der Waals surface area contributed by atoms with Crippen molar-refractivity contribution in [2.24, 2.45) is 0 Å². The van der Waals surface area contributed by atoms with Gasteiger partial charge in [0.25, 0.3) is 0 Å². The van der Waals surface area contributed by atoms with Crippen LogP contribution in [-0.2, 0) is 14.3 Å². The van der Waals surface area contributed by atoms with Crippen molar-refractivity contribution in [2.75, 3.05) is 19.8 Å². The zero-order valence-electron chi connectivity index (χ0n) is 9.05. The lowest BCUT2D eigenvalue weighted by atomic mass is 10.2. The SMILES string of the molecule is CCCOCC(=O)COC(C)(C)C. The van der Waals surface area contributed by atoms with Crippen LogP contribution >= 0.6 is 0 Å². The smallest absolute Gasteiger partial charge is 0.184 e. The Morgan fingerprint density at radius 2 is 1.85 bits per heavy atom. The van der Waals surface area contributed by atoms with Gasteiger partial charge in [-0.3, -0.25) is 4.79 Å². The van der Waals surface area contributed by atoms with Crippen LogP contribution < -0.4 is 0 Å². The Balaban J connectivity index is 3.41. The minimum absolute atomic E-state index is 0.00313. The molecule has 0 amide bonds. The quantitative estimate of drug-likeness (QED) is 0.596. The van der Waals surface area contributed by atoms with Crippen LogP contribution in [0.25, 0.3) is 0 Å². The monoisotopic (exact) mass is 188 g/mol. The van der Waals surface area contributed by atoms with E-state index in [1.165, 1.54) is 0 Å². The molecule has 0 aromatic carbocycles. The zero-order chi connectivity index (χ0) is 10.3. The number of ether oxygens (including phenoxy) is 2. The molecule has 0 aliphatic heterocycles. The molecule has 0 fully saturated rings. The van der Waals surface area contributed by atoms with Gasteiger partial charge >= 0.3 is 0 Å². The summed E-state index contributed by atoms with van der Waals surface area (Å²) in [6.45, 7) is 8.74. The van der Waals surface area contributed by atoms with Crippen molar-refractivity contribution in [1.29, 1.82) is 0 Å². The van der Waals surface area contributed by atoms with Gasteiger partial charge < -0.3 is 9.47 Å². The molecular weight excluding hydrogens is 168 g/mol. The molecule has 78 valence electrons. The van der Waals surface area contributed by atoms with Crippen molar-refractivity contribution < 1.29 is 14.3 Å². The van der Waals surface area contributed by atoms with Crippen LogP contribution in [0.15, 0.2) is 0 Å². The van der Waals surface area contributed by atoms with Gasteiger partial charge in [-0.15, -0.1) is 0 Å².